The molecule has 12 heteroatoms. The molecular weight excluding hydrogens is 606 g/mol. The maximum atomic E-state index is 14.2. The summed E-state index contributed by atoms with van der Waals surface area (Å²) < 4.78 is 45.5. The van der Waals surface area contributed by atoms with Crippen LogP contribution in [0.3, 0.4) is 0 Å². The molecule has 238 valence electrons. The lowest BCUT2D eigenvalue weighted by molar-refractivity contribution is -0.139. The van der Waals surface area contributed by atoms with Gasteiger partial charge in [0, 0.05) is 24.2 Å². The Balaban J connectivity index is 2.06. The summed E-state index contributed by atoms with van der Waals surface area (Å²) in [6, 6.07) is 16.6. The second-order valence-corrected chi connectivity index (χ2v) is 12.7. The number of nitrogens with one attached hydrogen (secondary N) is 1. The zero-order valence-electron chi connectivity index (χ0n) is 25.9. The predicted molar refractivity (Wildman–Crippen MR) is 171 cm³/mol. The first kappa shape index (κ1) is 34.5. The lowest BCUT2D eigenvalue weighted by Gasteiger charge is -2.32. The average molecular weight is 646 g/mol. The number of anilines is 1. The molecule has 0 radical (unpaired) electrons. The summed E-state index contributed by atoms with van der Waals surface area (Å²) in [4.78, 5) is 28.5. The Morgan fingerprint density at radius 1 is 0.909 bits per heavy atom. The molecule has 10 nitrogen and oxygen atoms in total. The van der Waals surface area contributed by atoms with E-state index in [2.05, 4.69) is 5.32 Å². The standard InChI is InChI=1S/C32H40ClN3O7S/c1-7-43-27-14-12-26(13-15-27)36(44(39,40)28-16-17-29(41-5)30(18-28)42-6)21-31(37)35(20-24-8-10-25(33)11-9-24)23(4)32(38)34-19-22(2)3/h8-18,22-23H,7,19-21H2,1-6H3,(H,34,38). The van der Waals surface area contributed by atoms with Crippen molar-refractivity contribution in [2.24, 2.45) is 5.92 Å². The van der Waals surface area contributed by atoms with Crippen molar-refractivity contribution in [3.8, 4) is 17.2 Å². The molecule has 0 aromatic heterocycles. The molecule has 0 aliphatic carbocycles. The highest BCUT2D eigenvalue weighted by Crippen LogP contribution is 2.33. The average Bonchev–Trinajstić information content (AvgIpc) is 3.01. The minimum Gasteiger partial charge on any atom is -0.494 e. The maximum absolute atomic E-state index is 14.2. The normalized spacial score (nSPS) is 11.9. The van der Waals surface area contributed by atoms with Gasteiger partial charge in [0.1, 0.15) is 18.3 Å². The summed E-state index contributed by atoms with van der Waals surface area (Å²) in [5.41, 5.74) is 0.960. The number of halogens is 1. The third-order valence-electron chi connectivity index (χ3n) is 6.78. The summed E-state index contributed by atoms with van der Waals surface area (Å²) >= 11 is 6.07. The Morgan fingerprint density at radius 3 is 2.11 bits per heavy atom. The Labute approximate surface area is 264 Å². The van der Waals surface area contributed by atoms with E-state index in [1.54, 1.807) is 55.5 Å². The second-order valence-electron chi connectivity index (χ2n) is 10.4. The van der Waals surface area contributed by atoms with Gasteiger partial charge in [-0.2, -0.15) is 0 Å². The molecule has 0 spiro atoms. The number of hydrogen-bond donors (Lipinski definition) is 1. The molecule has 3 rings (SSSR count). The van der Waals surface area contributed by atoms with Gasteiger partial charge in [0.25, 0.3) is 10.0 Å². The number of amides is 2. The smallest absolute Gasteiger partial charge is 0.264 e. The molecule has 3 aromatic carbocycles. The van der Waals surface area contributed by atoms with Crippen molar-refractivity contribution in [2.45, 2.75) is 45.2 Å². The topological polar surface area (TPSA) is 114 Å². The van der Waals surface area contributed by atoms with Crippen LogP contribution in [0.15, 0.2) is 71.6 Å². The number of benzene rings is 3. The van der Waals surface area contributed by atoms with Crippen molar-refractivity contribution >= 4 is 39.1 Å². The Kier molecular flexibility index (Phi) is 12.3. The molecule has 44 heavy (non-hydrogen) atoms. The van der Waals surface area contributed by atoms with E-state index in [4.69, 9.17) is 25.8 Å². The van der Waals surface area contributed by atoms with Crippen molar-refractivity contribution < 1.29 is 32.2 Å². The van der Waals surface area contributed by atoms with Gasteiger partial charge in [0.15, 0.2) is 11.5 Å². The molecule has 0 aliphatic heterocycles. The van der Waals surface area contributed by atoms with Gasteiger partial charge in [-0.25, -0.2) is 8.42 Å². The van der Waals surface area contributed by atoms with Crippen LogP contribution in [0.5, 0.6) is 17.2 Å². The number of ether oxygens (including phenoxy) is 3. The minimum absolute atomic E-state index is 0.0553. The van der Waals surface area contributed by atoms with Crippen LogP contribution in [0.1, 0.15) is 33.3 Å². The molecule has 0 saturated heterocycles. The number of hydrogen-bond acceptors (Lipinski definition) is 7. The zero-order chi connectivity index (χ0) is 32.4. The molecule has 1 N–H and O–H groups in total. The van der Waals surface area contributed by atoms with E-state index in [-0.39, 0.29) is 34.7 Å². The molecule has 3 aromatic rings. The lowest BCUT2D eigenvalue weighted by Crippen LogP contribution is -2.51. The van der Waals surface area contributed by atoms with Gasteiger partial charge in [-0.15, -0.1) is 0 Å². The van der Waals surface area contributed by atoms with Gasteiger partial charge in [-0.1, -0.05) is 37.6 Å². The Hall–Kier alpha value is -3.96. The van der Waals surface area contributed by atoms with Crippen molar-refractivity contribution in [2.75, 3.05) is 38.2 Å². The van der Waals surface area contributed by atoms with E-state index in [0.29, 0.717) is 29.7 Å². The van der Waals surface area contributed by atoms with Gasteiger partial charge >= 0.3 is 0 Å². The lowest BCUT2D eigenvalue weighted by atomic mass is 10.1. The number of carbonyl (C=O) groups excluding carboxylic acids is 2. The summed E-state index contributed by atoms with van der Waals surface area (Å²) in [7, 11) is -1.47. The highest BCUT2D eigenvalue weighted by atomic mass is 35.5. The Morgan fingerprint density at radius 2 is 1.55 bits per heavy atom. The third-order valence-corrected chi connectivity index (χ3v) is 8.80. The van der Waals surface area contributed by atoms with E-state index in [0.717, 1.165) is 9.87 Å². The van der Waals surface area contributed by atoms with Crippen LogP contribution in [0.25, 0.3) is 0 Å². The first-order valence-corrected chi connectivity index (χ1v) is 16.0. The molecule has 0 aliphatic rings. The van der Waals surface area contributed by atoms with Crippen LogP contribution in [0.4, 0.5) is 5.69 Å². The maximum Gasteiger partial charge on any atom is 0.264 e. The fraction of sp³-hybridized carbons (Fsp3) is 0.375. The van der Waals surface area contributed by atoms with Crippen molar-refractivity contribution in [3.63, 3.8) is 0 Å². The van der Waals surface area contributed by atoms with Gasteiger partial charge < -0.3 is 24.4 Å². The molecule has 0 heterocycles. The minimum atomic E-state index is -4.32. The SMILES string of the molecule is CCOc1ccc(N(CC(=O)N(Cc2ccc(Cl)cc2)C(C)C(=O)NCC(C)C)S(=O)(=O)c2ccc(OC)c(OC)c2)cc1. The van der Waals surface area contributed by atoms with Gasteiger partial charge in [0.05, 0.1) is 31.4 Å². The molecule has 0 bridgehead atoms. The molecule has 1 unspecified atom stereocenters. The highest BCUT2D eigenvalue weighted by Gasteiger charge is 2.33. The van der Waals surface area contributed by atoms with E-state index < -0.39 is 28.5 Å². The van der Waals surface area contributed by atoms with Gasteiger partial charge in [-0.05, 0) is 73.9 Å². The number of nitrogens with zero attached hydrogens (tertiary/aromatic N) is 2. The molecular formula is C32H40ClN3O7S. The summed E-state index contributed by atoms with van der Waals surface area (Å²) in [6.45, 7) is 7.73. The van der Waals surface area contributed by atoms with Crippen molar-refractivity contribution in [1.29, 1.82) is 0 Å². The largest absolute Gasteiger partial charge is 0.494 e. The van der Waals surface area contributed by atoms with Gasteiger partial charge in [-0.3, -0.25) is 13.9 Å². The van der Waals surface area contributed by atoms with Crippen LogP contribution in [-0.2, 0) is 26.2 Å². The summed E-state index contributed by atoms with van der Waals surface area (Å²) in [5, 5.41) is 3.39. The van der Waals surface area contributed by atoms with Crippen LogP contribution >= 0.6 is 11.6 Å². The first-order valence-electron chi connectivity index (χ1n) is 14.2. The number of methoxy groups -OCH3 is 2. The second kappa shape index (κ2) is 15.7. The predicted octanol–water partition coefficient (Wildman–Crippen LogP) is 5.14. The fourth-order valence-corrected chi connectivity index (χ4v) is 5.89. The quantitative estimate of drug-likeness (QED) is 0.243. The van der Waals surface area contributed by atoms with Crippen LogP contribution in [0, 0.1) is 5.92 Å². The third kappa shape index (κ3) is 8.79. The zero-order valence-corrected chi connectivity index (χ0v) is 27.4. The van der Waals surface area contributed by atoms with E-state index in [9.17, 15) is 18.0 Å². The number of sulfonamides is 1. The molecule has 1 atom stereocenters. The van der Waals surface area contributed by atoms with E-state index >= 15 is 0 Å². The molecule has 0 saturated carbocycles. The first-order chi connectivity index (χ1) is 20.9. The number of carbonyl (C=O) groups is 2. The van der Waals surface area contributed by atoms with Crippen LogP contribution < -0.4 is 23.8 Å². The van der Waals surface area contributed by atoms with Crippen LogP contribution in [0.2, 0.25) is 5.02 Å². The highest BCUT2D eigenvalue weighted by molar-refractivity contribution is 7.92. The molecule has 0 fully saturated rings. The van der Waals surface area contributed by atoms with Crippen molar-refractivity contribution in [3.05, 3.63) is 77.3 Å². The summed E-state index contributed by atoms with van der Waals surface area (Å²) in [5.74, 6) is 0.387. The number of rotatable bonds is 15. The Bertz CT molecular complexity index is 1510. The van der Waals surface area contributed by atoms with E-state index in [1.807, 2.05) is 20.8 Å². The fourth-order valence-electron chi connectivity index (χ4n) is 4.33. The van der Waals surface area contributed by atoms with E-state index in [1.165, 1.54) is 37.3 Å². The van der Waals surface area contributed by atoms with Crippen molar-refractivity contribution in [1.82, 2.24) is 10.2 Å². The van der Waals surface area contributed by atoms with Crippen LogP contribution in [-0.4, -0.2) is 65.1 Å². The summed E-state index contributed by atoms with van der Waals surface area (Å²) in [6.07, 6.45) is 0. The monoisotopic (exact) mass is 645 g/mol. The molecule has 2 amide bonds. The van der Waals surface area contributed by atoms with Gasteiger partial charge in [0.2, 0.25) is 11.8 Å².